The van der Waals surface area contributed by atoms with Gasteiger partial charge in [0.05, 0.1) is 19.3 Å². The predicted octanol–water partition coefficient (Wildman–Crippen LogP) is 1.43. The number of ether oxygens (including phenoxy) is 1. The Bertz CT molecular complexity index is 312. The number of hydrogen-bond acceptors (Lipinski definition) is 3. The van der Waals surface area contributed by atoms with Gasteiger partial charge in [-0.1, -0.05) is 0 Å². The molecule has 0 spiro atoms. The number of morpholine rings is 1. The lowest BCUT2D eigenvalue weighted by Gasteiger charge is -2.34. The van der Waals surface area contributed by atoms with E-state index in [2.05, 4.69) is 41.3 Å². The van der Waals surface area contributed by atoms with Gasteiger partial charge < -0.3 is 15.4 Å². The lowest BCUT2D eigenvalue weighted by atomic mass is 10.2. The first-order chi connectivity index (χ1) is 9.19. The molecule has 2 rings (SSSR count). The first-order valence-electron chi connectivity index (χ1n) is 7.59. The van der Waals surface area contributed by atoms with Gasteiger partial charge in [-0.15, -0.1) is 24.0 Å². The van der Waals surface area contributed by atoms with Gasteiger partial charge >= 0.3 is 0 Å². The van der Waals surface area contributed by atoms with Crippen LogP contribution >= 0.6 is 24.0 Å². The van der Waals surface area contributed by atoms with E-state index in [0.29, 0.717) is 12.1 Å². The topological polar surface area (TPSA) is 48.9 Å². The summed E-state index contributed by atoms with van der Waals surface area (Å²) >= 11 is 0. The van der Waals surface area contributed by atoms with Gasteiger partial charge in [0, 0.05) is 25.2 Å². The van der Waals surface area contributed by atoms with Crippen LogP contribution in [0.25, 0.3) is 0 Å². The summed E-state index contributed by atoms with van der Waals surface area (Å²) < 4.78 is 5.92. The molecule has 0 saturated carbocycles. The molecule has 118 valence electrons. The van der Waals surface area contributed by atoms with Crippen LogP contribution in [0.15, 0.2) is 4.99 Å². The zero-order valence-corrected chi connectivity index (χ0v) is 15.2. The molecule has 2 aliphatic rings. The summed E-state index contributed by atoms with van der Waals surface area (Å²) in [5.41, 5.74) is 0. The Morgan fingerprint density at radius 3 is 2.95 bits per heavy atom. The summed E-state index contributed by atoms with van der Waals surface area (Å²) in [6.45, 7) is 11.1. The van der Waals surface area contributed by atoms with Gasteiger partial charge in [-0.05, 0) is 40.2 Å². The van der Waals surface area contributed by atoms with E-state index in [1.165, 1.54) is 19.4 Å². The molecular formula is C14H29IN4O. The molecule has 0 amide bonds. The Labute approximate surface area is 139 Å². The van der Waals surface area contributed by atoms with E-state index in [1.807, 2.05) is 0 Å². The summed E-state index contributed by atoms with van der Waals surface area (Å²) in [5.74, 6) is 0.893. The van der Waals surface area contributed by atoms with Crippen LogP contribution in [0.5, 0.6) is 0 Å². The molecule has 0 radical (unpaired) electrons. The summed E-state index contributed by atoms with van der Waals surface area (Å²) in [6, 6.07) is 1.07. The second kappa shape index (κ2) is 9.04. The second-order valence-corrected chi connectivity index (χ2v) is 5.76. The van der Waals surface area contributed by atoms with Crippen molar-refractivity contribution in [3.63, 3.8) is 0 Å². The van der Waals surface area contributed by atoms with E-state index in [4.69, 9.17) is 4.74 Å². The molecule has 0 aromatic rings. The average molecular weight is 396 g/mol. The van der Waals surface area contributed by atoms with Gasteiger partial charge in [0.1, 0.15) is 0 Å². The largest absolute Gasteiger partial charge is 0.373 e. The minimum atomic E-state index is 0. The Hall–Kier alpha value is -0.0800. The fraction of sp³-hybridized carbons (Fsp3) is 0.929. The summed E-state index contributed by atoms with van der Waals surface area (Å²) in [6.07, 6.45) is 2.87. The van der Waals surface area contributed by atoms with Crippen LogP contribution in [0, 0.1) is 0 Å². The monoisotopic (exact) mass is 396 g/mol. The van der Waals surface area contributed by atoms with Crippen LogP contribution in [0.4, 0.5) is 0 Å². The van der Waals surface area contributed by atoms with Crippen molar-refractivity contribution in [2.24, 2.45) is 4.99 Å². The Balaban J connectivity index is 0.00000200. The van der Waals surface area contributed by atoms with Gasteiger partial charge in [-0.3, -0.25) is 9.89 Å². The van der Waals surface area contributed by atoms with Crippen molar-refractivity contribution in [2.75, 3.05) is 32.8 Å². The predicted molar refractivity (Wildman–Crippen MR) is 94.0 cm³/mol. The fourth-order valence-electron chi connectivity index (χ4n) is 2.78. The highest BCUT2D eigenvalue weighted by Gasteiger charge is 2.31. The van der Waals surface area contributed by atoms with Crippen molar-refractivity contribution in [3.05, 3.63) is 0 Å². The van der Waals surface area contributed by atoms with Crippen molar-refractivity contribution in [3.8, 4) is 0 Å². The number of rotatable bonds is 4. The second-order valence-electron chi connectivity index (χ2n) is 5.76. The molecule has 0 aliphatic carbocycles. The smallest absolute Gasteiger partial charge is 0.191 e. The van der Waals surface area contributed by atoms with E-state index in [9.17, 15) is 0 Å². The molecule has 0 aromatic carbocycles. The van der Waals surface area contributed by atoms with Gasteiger partial charge in [0.25, 0.3) is 0 Å². The minimum Gasteiger partial charge on any atom is -0.373 e. The maximum atomic E-state index is 5.92. The van der Waals surface area contributed by atoms with Gasteiger partial charge in [-0.25, -0.2) is 0 Å². The average Bonchev–Trinajstić information content (AvgIpc) is 2.83. The molecule has 2 saturated heterocycles. The van der Waals surface area contributed by atoms with E-state index < -0.39 is 0 Å². The maximum Gasteiger partial charge on any atom is 0.191 e. The van der Waals surface area contributed by atoms with Crippen LogP contribution in [-0.2, 0) is 4.74 Å². The third-order valence-corrected chi connectivity index (χ3v) is 3.68. The van der Waals surface area contributed by atoms with Crippen molar-refractivity contribution in [1.29, 1.82) is 0 Å². The molecule has 20 heavy (non-hydrogen) atoms. The molecule has 2 aliphatic heterocycles. The van der Waals surface area contributed by atoms with Gasteiger partial charge in [0.15, 0.2) is 5.96 Å². The lowest BCUT2D eigenvalue weighted by Crippen LogP contribution is -2.48. The molecule has 6 heteroatoms. The SMILES string of the molecule is CCNC(=NCC1CN2CCCC2CO1)NC(C)C.I. The van der Waals surface area contributed by atoms with Crippen LogP contribution < -0.4 is 10.6 Å². The summed E-state index contributed by atoms with van der Waals surface area (Å²) in [7, 11) is 0. The summed E-state index contributed by atoms with van der Waals surface area (Å²) in [4.78, 5) is 7.20. The molecule has 2 unspecified atom stereocenters. The number of hydrogen-bond donors (Lipinski definition) is 2. The Morgan fingerprint density at radius 2 is 2.25 bits per heavy atom. The van der Waals surface area contributed by atoms with Crippen molar-refractivity contribution >= 4 is 29.9 Å². The normalized spacial score (nSPS) is 27.1. The lowest BCUT2D eigenvalue weighted by molar-refractivity contribution is -0.0432. The van der Waals surface area contributed by atoms with Crippen LogP contribution in [0.3, 0.4) is 0 Å². The van der Waals surface area contributed by atoms with Crippen molar-refractivity contribution < 1.29 is 4.74 Å². The maximum absolute atomic E-state index is 5.92. The van der Waals surface area contributed by atoms with E-state index in [1.54, 1.807) is 0 Å². The van der Waals surface area contributed by atoms with Crippen LogP contribution in [0.1, 0.15) is 33.6 Å². The molecule has 2 heterocycles. The molecule has 5 nitrogen and oxygen atoms in total. The van der Waals surface area contributed by atoms with Gasteiger partial charge in [0.2, 0.25) is 0 Å². The highest BCUT2D eigenvalue weighted by Crippen LogP contribution is 2.22. The van der Waals surface area contributed by atoms with Crippen LogP contribution in [-0.4, -0.2) is 61.8 Å². The third kappa shape index (κ3) is 5.37. The number of fused-ring (bicyclic) bond motifs is 1. The van der Waals surface area contributed by atoms with Gasteiger partial charge in [-0.2, -0.15) is 0 Å². The van der Waals surface area contributed by atoms with E-state index in [0.717, 1.165) is 32.2 Å². The number of nitrogens with one attached hydrogen (secondary N) is 2. The zero-order chi connectivity index (χ0) is 13.7. The number of nitrogens with zero attached hydrogens (tertiary/aromatic N) is 2. The Kier molecular flexibility index (Phi) is 8.13. The molecule has 2 N–H and O–H groups in total. The third-order valence-electron chi connectivity index (χ3n) is 3.68. The first-order valence-corrected chi connectivity index (χ1v) is 7.59. The molecule has 2 fully saturated rings. The number of halogens is 1. The number of guanidine groups is 1. The van der Waals surface area contributed by atoms with E-state index in [-0.39, 0.29) is 30.1 Å². The number of aliphatic imine (C=N–C) groups is 1. The fourth-order valence-corrected chi connectivity index (χ4v) is 2.78. The molecule has 0 aromatic heterocycles. The highest BCUT2D eigenvalue weighted by molar-refractivity contribution is 14.0. The molecule has 0 bridgehead atoms. The van der Waals surface area contributed by atoms with Crippen molar-refractivity contribution in [2.45, 2.75) is 51.8 Å². The minimum absolute atomic E-state index is 0. The molecular weight excluding hydrogens is 367 g/mol. The zero-order valence-electron chi connectivity index (χ0n) is 12.9. The van der Waals surface area contributed by atoms with E-state index >= 15 is 0 Å². The molecule has 2 atom stereocenters. The Morgan fingerprint density at radius 1 is 1.45 bits per heavy atom. The standard InChI is InChI=1S/C14H28N4O.HI/c1-4-15-14(17-11(2)3)16-8-13-9-18-7-5-6-12(18)10-19-13;/h11-13H,4-10H2,1-3H3,(H2,15,16,17);1H. The first kappa shape index (κ1) is 18.0. The van der Waals surface area contributed by atoms with Crippen molar-refractivity contribution in [1.82, 2.24) is 15.5 Å². The quantitative estimate of drug-likeness (QED) is 0.429. The highest BCUT2D eigenvalue weighted by atomic mass is 127. The van der Waals surface area contributed by atoms with Crippen LogP contribution in [0.2, 0.25) is 0 Å². The summed E-state index contributed by atoms with van der Waals surface area (Å²) in [5, 5.41) is 6.61.